The van der Waals surface area contributed by atoms with E-state index in [2.05, 4.69) is 52.1 Å². The molecule has 4 N–H and O–H groups in total. The van der Waals surface area contributed by atoms with Gasteiger partial charge in [-0.1, -0.05) is 38.7 Å². The van der Waals surface area contributed by atoms with Crippen molar-refractivity contribution in [3.05, 3.63) is 59.7 Å². The van der Waals surface area contributed by atoms with Gasteiger partial charge in [0, 0.05) is 23.7 Å². The van der Waals surface area contributed by atoms with Gasteiger partial charge in [-0.2, -0.15) is 0 Å². The lowest BCUT2D eigenvalue weighted by Crippen LogP contribution is -2.64. The molecule has 2 bridgehead atoms. The van der Waals surface area contributed by atoms with E-state index in [0.717, 1.165) is 42.7 Å². The average molecular weight is 368 g/mol. The van der Waals surface area contributed by atoms with Crippen molar-refractivity contribution in [1.82, 2.24) is 10.3 Å². The maximum atomic E-state index is 9.66. The summed E-state index contributed by atoms with van der Waals surface area (Å²) in [6.45, 7) is 18.0. The minimum atomic E-state index is -0.106. The van der Waals surface area contributed by atoms with E-state index in [0.29, 0.717) is 0 Å². The first-order valence-electron chi connectivity index (χ1n) is 9.42. The number of hydrogen-bond acceptors (Lipinski definition) is 4. The van der Waals surface area contributed by atoms with Crippen LogP contribution in [0.25, 0.3) is 0 Å². The first kappa shape index (κ1) is 21.1. The molecule has 1 aliphatic heterocycles. The molecule has 4 heteroatoms. The molecule has 1 saturated heterocycles. The summed E-state index contributed by atoms with van der Waals surface area (Å²) in [5, 5.41) is 14.8. The number of allylic oxidation sites excluding steroid dienone is 6. The Balaban J connectivity index is 2.56. The summed E-state index contributed by atoms with van der Waals surface area (Å²) >= 11 is 0. The first-order chi connectivity index (χ1) is 12.6. The monoisotopic (exact) mass is 367 g/mol. The number of nitrogens with zero attached hydrogens (tertiary/aromatic N) is 1. The maximum absolute atomic E-state index is 9.66. The Morgan fingerprint density at radius 2 is 2.15 bits per heavy atom. The van der Waals surface area contributed by atoms with E-state index in [-0.39, 0.29) is 22.6 Å². The lowest BCUT2D eigenvalue weighted by atomic mass is 9.47. The Hall–Kier alpha value is -2.22. The molecule has 0 amide bonds. The molecular formula is C23H33N3O. The predicted molar refractivity (Wildman–Crippen MR) is 113 cm³/mol. The Kier molecular flexibility index (Phi) is 6.09. The number of aliphatic hydroxyl groups is 1. The van der Waals surface area contributed by atoms with Gasteiger partial charge in [0.25, 0.3) is 0 Å². The molecule has 2 fully saturated rings. The number of nitrogens with one attached hydrogen (secondary N) is 1. The number of piperidine rings is 1. The third kappa shape index (κ3) is 3.63. The molecule has 0 aromatic carbocycles. The van der Waals surface area contributed by atoms with Gasteiger partial charge >= 0.3 is 0 Å². The van der Waals surface area contributed by atoms with Crippen molar-refractivity contribution in [2.45, 2.75) is 53.0 Å². The lowest BCUT2D eigenvalue weighted by molar-refractivity contribution is -0.0721. The smallest absolute Gasteiger partial charge is 0.166 e. The van der Waals surface area contributed by atoms with E-state index in [1.807, 2.05) is 11.1 Å². The highest BCUT2D eigenvalue weighted by Crippen LogP contribution is 2.62. The van der Waals surface area contributed by atoms with Crippen molar-refractivity contribution >= 4 is 0 Å². The number of nitrogens with two attached hydrogens (primary N) is 1. The zero-order valence-electron chi connectivity index (χ0n) is 17.1. The van der Waals surface area contributed by atoms with Crippen LogP contribution in [0, 0.1) is 23.2 Å². The van der Waals surface area contributed by atoms with Crippen LogP contribution in [-0.2, 0) is 0 Å². The van der Waals surface area contributed by atoms with Crippen molar-refractivity contribution in [3.8, 4) is 12.3 Å². The molecule has 1 aliphatic carbocycles. The number of hydrogen-bond donors (Lipinski definition) is 3. The largest absolute Gasteiger partial charge is 0.501 e. The fraction of sp³-hybridized carbons (Fsp3) is 0.478. The number of rotatable bonds is 5. The third-order valence-electron chi connectivity index (χ3n) is 6.76. The van der Waals surface area contributed by atoms with Crippen molar-refractivity contribution in [2.24, 2.45) is 16.7 Å². The fourth-order valence-corrected chi connectivity index (χ4v) is 4.76. The summed E-state index contributed by atoms with van der Waals surface area (Å²) in [7, 11) is 0. The van der Waals surface area contributed by atoms with Gasteiger partial charge in [-0.05, 0) is 67.9 Å². The van der Waals surface area contributed by atoms with Crippen LogP contribution in [0.15, 0.2) is 59.7 Å². The van der Waals surface area contributed by atoms with E-state index in [1.165, 1.54) is 5.57 Å². The topological polar surface area (TPSA) is 61.5 Å². The summed E-state index contributed by atoms with van der Waals surface area (Å²) in [5.74, 6) is 8.56. The first-order valence-corrected chi connectivity index (χ1v) is 9.42. The van der Waals surface area contributed by atoms with Gasteiger partial charge in [-0.15, -0.1) is 6.42 Å². The fourth-order valence-electron chi connectivity index (χ4n) is 4.76. The molecule has 0 aromatic rings. The zero-order chi connectivity index (χ0) is 20.4. The van der Waals surface area contributed by atoms with Crippen molar-refractivity contribution in [1.29, 1.82) is 0 Å². The van der Waals surface area contributed by atoms with Gasteiger partial charge < -0.3 is 10.4 Å². The molecule has 2 aliphatic rings. The molecule has 2 unspecified atom stereocenters. The van der Waals surface area contributed by atoms with E-state index in [1.54, 1.807) is 12.3 Å². The Morgan fingerprint density at radius 3 is 2.74 bits per heavy atom. The molecular weight excluding hydrogens is 334 g/mol. The van der Waals surface area contributed by atoms with E-state index >= 15 is 0 Å². The van der Waals surface area contributed by atoms with Gasteiger partial charge in [0.05, 0.1) is 0 Å². The second-order valence-corrected chi connectivity index (χ2v) is 8.31. The van der Waals surface area contributed by atoms with Crippen LogP contribution >= 0.6 is 0 Å². The Bertz CT molecular complexity index is 763. The predicted octanol–water partition coefficient (Wildman–Crippen LogP) is 4.33. The summed E-state index contributed by atoms with van der Waals surface area (Å²) in [6.07, 6.45) is 13.1. The highest BCUT2D eigenvalue weighted by atomic mass is 16.3. The van der Waals surface area contributed by atoms with Crippen LogP contribution in [0.4, 0.5) is 0 Å². The summed E-state index contributed by atoms with van der Waals surface area (Å²) in [6, 6.07) is 0.199. The van der Waals surface area contributed by atoms with E-state index in [4.69, 9.17) is 12.3 Å². The van der Waals surface area contributed by atoms with Crippen molar-refractivity contribution < 1.29 is 5.11 Å². The van der Waals surface area contributed by atoms with Crippen LogP contribution in [0.3, 0.4) is 0 Å². The standard InChI is InChI=1S/C23H33N3O/c1-8-20(27)11-10-19-14-21-22(6,7)23(17(19)4,12-13-26(21)24)15-16(3)18(5)25-9-2/h1,9-11,21,25,27H,2,4,12-15,24H2,3,5-7H3/b18-16+,19-10-,20-11+. The summed E-state index contributed by atoms with van der Waals surface area (Å²) < 4.78 is 0. The molecule has 27 heavy (non-hydrogen) atoms. The van der Waals surface area contributed by atoms with Gasteiger partial charge in [0.15, 0.2) is 5.76 Å². The highest BCUT2D eigenvalue weighted by Gasteiger charge is 2.58. The summed E-state index contributed by atoms with van der Waals surface area (Å²) in [5.41, 5.74) is 4.50. The molecule has 1 saturated carbocycles. The maximum Gasteiger partial charge on any atom is 0.166 e. The summed E-state index contributed by atoms with van der Waals surface area (Å²) in [4.78, 5) is 0. The van der Waals surface area contributed by atoms with Crippen LogP contribution in [0.5, 0.6) is 0 Å². The van der Waals surface area contributed by atoms with Crippen LogP contribution < -0.4 is 11.2 Å². The number of terminal acetylenes is 1. The Labute approximate surface area is 164 Å². The quantitative estimate of drug-likeness (QED) is 0.385. The minimum Gasteiger partial charge on any atom is -0.501 e. The second kappa shape index (κ2) is 7.80. The van der Waals surface area contributed by atoms with Gasteiger partial charge in [-0.25, -0.2) is 5.01 Å². The van der Waals surface area contributed by atoms with Crippen LogP contribution in [-0.4, -0.2) is 22.7 Å². The Morgan fingerprint density at radius 1 is 1.48 bits per heavy atom. The molecule has 0 aromatic heterocycles. The molecule has 2 rings (SSSR count). The second-order valence-electron chi connectivity index (χ2n) is 8.31. The average Bonchev–Trinajstić information content (AvgIpc) is 2.61. The van der Waals surface area contributed by atoms with Gasteiger partial charge in [0.2, 0.25) is 0 Å². The van der Waals surface area contributed by atoms with E-state index in [9.17, 15) is 5.11 Å². The number of hydrazine groups is 1. The number of aliphatic hydroxyl groups excluding tert-OH is 1. The molecule has 146 valence electrons. The van der Waals surface area contributed by atoms with Crippen LogP contribution in [0.2, 0.25) is 0 Å². The molecule has 2 atom stereocenters. The SMILES string of the molecule is C#C/C(O)=C\C=C1\CC2N(N)CCC(C/C(C)=C(\C)NC=C)(C1=C)C2(C)C. The van der Waals surface area contributed by atoms with Gasteiger partial charge in [-0.3, -0.25) is 5.84 Å². The molecule has 0 spiro atoms. The minimum absolute atomic E-state index is 0.0397. The number of fused-ring (bicyclic) bond motifs is 2. The molecule has 4 nitrogen and oxygen atoms in total. The van der Waals surface area contributed by atoms with Crippen molar-refractivity contribution in [2.75, 3.05) is 6.54 Å². The zero-order valence-corrected chi connectivity index (χ0v) is 17.1. The molecule has 1 heterocycles. The van der Waals surface area contributed by atoms with E-state index < -0.39 is 0 Å². The normalized spacial score (nSPS) is 30.5. The van der Waals surface area contributed by atoms with Crippen LogP contribution in [0.1, 0.15) is 47.0 Å². The van der Waals surface area contributed by atoms with Gasteiger partial charge in [0.1, 0.15) is 0 Å². The van der Waals surface area contributed by atoms with Crippen molar-refractivity contribution in [3.63, 3.8) is 0 Å². The highest BCUT2D eigenvalue weighted by molar-refractivity contribution is 5.46. The molecule has 0 radical (unpaired) electrons. The lowest BCUT2D eigenvalue weighted by Gasteiger charge is -2.62. The third-order valence-corrected chi connectivity index (χ3v) is 6.76.